The Balaban J connectivity index is 1.57. The molecular formula is C24H15Cl2N3O7. The van der Waals surface area contributed by atoms with E-state index in [1.165, 1.54) is 66.7 Å². The van der Waals surface area contributed by atoms with E-state index in [1.54, 1.807) is 0 Å². The lowest BCUT2D eigenvalue weighted by Gasteiger charge is -2.26. The maximum absolute atomic E-state index is 13.0. The number of carbonyl (C=O) groups is 3. The summed E-state index contributed by atoms with van der Waals surface area (Å²) in [7, 11) is 0. The van der Waals surface area contributed by atoms with E-state index in [1.807, 2.05) is 0 Å². The molecule has 3 aromatic rings. The SMILES string of the molecule is O=C1NC(=O)N(c2ccc(O)cc2)C(=O)/C1=C/c1cc(Cl)c(OCc2ccc([N+](=O)[O-])cc2)c(Cl)c1. The molecule has 2 N–H and O–H groups in total. The predicted octanol–water partition coefficient (Wildman–Crippen LogP) is 4.85. The third kappa shape index (κ3) is 5.14. The van der Waals surface area contributed by atoms with Crippen LogP contribution in [0.5, 0.6) is 11.5 Å². The number of amides is 4. The summed E-state index contributed by atoms with van der Waals surface area (Å²) in [6.07, 6.45) is 1.23. The molecule has 0 atom stereocenters. The number of barbiturate groups is 1. The largest absolute Gasteiger partial charge is 0.508 e. The number of non-ortho nitro benzene ring substituents is 1. The first-order valence-corrected chi connectivity index (χ1v) is 11.0. The fraction of sp³-hybridized carbons (Fsp3) is 0.0417. The third-order valence-corrected chi connectivity index (χ3v) is 5.63. The van der Waals surface area contributed by atoms with Gasteiger partial charge in [0.05, 0.1) is 20.7 Å². The number of carbonyl (C=O) groups excluding carboxylic acids is 3. The minimum absolute atomic E-state index is 0.0302. The summed E-state index contributed by atoms with van der Waals surface area (Å²) in [5.41, 5.74) is 0.696. The minimum Gasteiger partial charge on any atom is -0.508 e. The first-order valence-electron chi connectivity index (χ1n) is 10.2. The Morgan fingerprint density at radius 2 is 1.61 bits per heavy atom. The molecule has 0 saturated carbocycles. The topological polar surface area (TPSA) is 139 Å². The Bertz CT molecular complexity index is 1400. The Kier molecular flexibility index (Phi) is 6.91. The van der Waals surface area contributed by atoms with Crippen LogP contribution in [0.15, 0.2) is 66.2 Å². The zero-order chi connectivity index (χ0) is 26.0. The number of anilines is 1. The number of nitrogens with zero attached hydrogens (tertiary/aromatic N) is 2. The molecule has 3 aromatic carbocycles. The van der Waals surface area contributed by atoms with Gasteiger partial charge in [0.25, 0.3) is 17.5 Å². The Labute approximate surface area is 213 Å². The molecule has 1 aliphatic heterocycles. The zero-order valence-electron chi connectivity index (χ0n) is 18.1. The average Bonchev–Trinajstić information content (AvgIpc) is 2.82. The van der Waals surface area contributed by atoms with Crippen molar-refractivity contribution in [2.75, 3.05) is 4.90 Å². The molecule has 0 aliphatic carbocycles. The van der Waals surface area contributed by atoms with Gasteiger partial charge in [0, 0.05) is 12.1 Å². The molecule has 10 nitrogen and oxygen atoms in total. The van der Waals surface area contributed by atoms with E-state index in [0.29, 0.717) is 11.1 Å². The second-order valence-electron chi connectivity index (χ2n) is 7.50. The molecule has 12 heteroatoms. The number of benzene rings is 3. The molecule has 4 amide bonds. The van der Waals surface area contributed by atoms with Crippen LogP contribution in [-0.4, -0.2) is 27.9 Å². The monoisotopic (exact) mass is 527 g/mol. The molecule has 1 heterocycles. The second-order valence-corrected chi connectivity index (χ2v) is 8.31. The summed E-state index contributed by atoms with van der Waals surface area (Å²) < 4.78 is 5.67. The van der Waals surface area contributed by atoms with Crippen LogP contribution in [-0.2, 0) is 16.2 Å². The van der Waals surface area contributed by atoms with Crippen molar-refractivity contribution in [3.05, 3.63) is 97.5 Å². The number of hydrogen-bond donors (Lipinski definition) is 2. The van der Waals surface area contributed by atoms with Crippen molar-refractivity contribution in [3.63, 3.8) is 0 Å². The van der Waals surface area contributed by atoms with E-state index >= 15 is 0 Å². The highest BCUT2D eigenvalue weighted by atomic mass is 35.5. The van der Waals surface area contributed by atoms with Gasteiger partial charge in [-0.15, -0.1) is 0 Å². The lowest BCUT2D eigenvalue weighted by atomic mass is 10.1. The van der Waals surface area contributed by atoms with Crippen molar-refractivity contribution in [2.45, 2.75) is 6.61 Å². The summed E-state index contributed by atoms with van der Waals surface area (Å²) in [4.78, 5) is 48.7. The standard InChI is InChI=1S/C24H15Cl2N3O7/c25-19-10-14(11-20(26)21(19)36-12-13-1-3-16(4-2-13)29(34)35)9-18-22(31)27-24(33)28(23(18)32)15-5-7-17(30)8-6-15/h1-11,30H,12H2,(H,27,31,33)/b18-9+. The van der Waals surface area contributed by atoms with Crippen molar-refractivity contribution in [3.8, 4) is 11.5 Å². The van der Waals surface area contributed by atoms with E-state index < -0.39 is 22.8 Å². The highest BCUT2D eigenvalue weighted by Crippen LogP contribution is 2.36. The number of ether oxygens (including phenoxy) is 1. The molecule has 36 heavy (non-hydrogen) atoms. The summed E-state index contributed by atoms with van der Waals surface area (Å²) in [6, 6.07) is 13.0. The molecule has 0 aromatic heterocycles. The average molecular weight is 528 g/mol. The molecular weight excluding hydrogens is 513 g/mol. The quantitative estimate of drug-likeness (QED) is 0.202. The molecule has 0 radical (unpaired) electrons. The fourth-order valence-corrected chi connectivity index (χ4v) is 3.94. The Hall–Kier alpha value is -4.41. The lowest BCUT2D eigenvalue weighted by molar-refractivity contribution is -0.384. The molecule has 0 spiro atoms. The summed E-state index contributed by atoms with van der Waals surface area (Å²) in [6.45, 7) is 0.0302. The number of urea groups is 1. The van der Waals surface area contributed by atoms with Crippen molar-refractivity contribution in [1.82, 2.24) is 5.32 Å². The third-order valence-electron chi connectivity index (χ3n) is 5.07. The fourth-order valence-electron chi connectivity index (χ4n) is 3.33. The van der Waals surface area contributed by atoms with Gasteiger partial charge < -0.3 is 9.84 Å². The summed E-state index contributed by atoms with van der Waals surface area (Å²) in [5, 5.41) is 22.5. The number of rotatable bonds is 6. The van der Waals surface area contributed by atoms with E-state index in [2.05, 4.69) is 5.32 Å². The summed E-state index contributed by atoms with van der Waals surface area (Å²) >= 11 is 12.6. The highest BCUT2D eigenvalue weighted by Gasteiger charge is 2.36. The smallest absolute Gasteiger partial charge is 0.335 e. The predicted molar refractivity (Wildman–Crippen MR) is 131 cm³/mol. The lowest BCUT2D eigenvalue weighted by Crippen LogP contribution is -2.54. The Morgan fingerprint density at radius 3 is 2.19 bits per heavy atom. The van der Waals surface area contributed by atoms with Gasteiger partial charge >= 0.3 is 6.03 Å². The molecule has 1 saturated heterocycles. The number of imide groups is 2. The van der Waals surface area contributed by atoms with Crippen molar-refractivity contribution in [2.24, 2.45) is 0 Å². The Morgan fingerprint density at radius 1 is 1.00 bits per heavy atom. The van der Waals surface area contributed by atoms with Crippen molar-refractivity contribution < 1.29 is 29.2 Å². The zero-order valence-corrected chi connectivity index (χ0v) is 19.6. The maximum atomic E-state index is 13.0. The second kappa shape index (κ2) is 10.1. The van der Waals surface area contributed by atoms with E-state index in [4.69, 9.17) is 27.9 Å². The number of nitro benzene ring substituents is 1. The van der Waals surface area contributed by atoms with Crippen LogP contribution in [0.2, 0.25) is 10.0 Å². The van der Waals surface area contributed by atoms with Crippen LogP contribution >= 0.6 is 23.2 Å². The number of hydrogen-bond acceptors (Lipinski definition) is 7. The molecule has 1 aliphatic rings. The van der Waals surface area contributed by atoms with Gasteiger partial charge in [0.15, 0.2) is 5.75 Å². The van der Waals surface area contributed by atoms with Crippen LogP contribution in [0.25, 0.3) is 6.08 Å². The number of halogens is 2. The van der Waals surface area contributed by atoms with Crippen LogP contribution in [0.4, 0.5) is 16.2 Å². The molecule has 1 fully saturated rings. The van der Waals surface area contributed by atoms with Gasteiger partial charge in [0.2, 0.25) is 0 Å². The van der Waals surface area contributed by atoms with Gasteiger partial charge in [-0.25, -0.2) is 9.69 Å². The van der Waals surface area contributed by atoms with Gasteiger partial charge in [-0.2, -0.15) is 0 Å². The first-order chi connectivity index (χ1) is 17.1. The summed E-state index contributed by atoms with van der Waals surface area (Å²) in [5.74, 6) is -1.69. The number of nitrogens with one attached hydrogen (secondary N) is 1. The first kappa shape index (κ1) is 24.7. The van der Waals surface area contributed by atoms with Gasteiger partial charge in [-0.05, 0) is 65.7 Å². The van der Waals surface area contributed by atoms with Gasteiger partial charge in [-0.3, -0.25) is 25.0 Å². The highest BCUT2D eigenvalue weighted by molar-refractivity contribution is 6.40. The van der Waals surface area contributed by atoms with Crippen LogP contribution < -0.4 is 15.0 Å². The van der Waals surface area contributed by atoms with E-state index in [0.717, 1.165) is 4.90 Å². The van der Waals surface area contributed by atoms with Crippen LogP contribution in [0.3, 0.4) is 0 Å². The molecule has 0 bridgehead atoms. The molecule has 0 unspecified atom stereocenters. The van der Waals surface area contributed by atoms with Gasteiger partial charge in [-0.1, -0.05) is 23.2 Å². The maximum Gasteiger partial charge on any atom is 0.335 e. The number of phenolic OH excluding ortho intramolecular Hbond substituents is 1. The van der Waals surface area contributed by atoms with E-state index in [9.17, 15) is 29.6 Å². The van der Waals surface area contributed by atoms with Crippen LogP contribution in [0.1, 0.15) is 11.1 Å². The number of nitro groups is 1. The van der Waals surface area contributed by atoms with Crippen molar-refractivity contribution >= 4 is 58.5 Å². The van der Waals surface area contributed by atoms with Crippen molar-refractivity contribution in [1.29, 1.82) is 0 Å². The van der Waals surface area contributed by atoms with Crippen LogP contribution in [0, 0.1) is 10.1 Å². The molecule has 182 valence electrons. The van der Waals surface area contributed by atoms with Gasteiger partial charge in [0.1, 0.15) is 17.9 Å². The number of aromatic hydroxyl groups is 1. The molecule has 4 rings (SSSR count). The normalized spacial score (nSPS) is 14.7. The number of phenols is 1. The minimum atomic E-state index is -0.932. The van der Waals surface area contributed by atoms with E-state index in [-0.39, 0.29) is 45.1 Å².